The van der Waals surface area contributed by atoms with Crippen molar-refractivity contribution in [3.05, 3.63) is 0 Å². The minimum Gasteiger partial charge on any atom is -0.371 e. The molecule has 0 fully saturated rings. The smallest absolute Gasteiger partial charge is 0.133 e. The maximum Gasteiger partial charge on any atom is 0.133 e. The van der Waals surface area contributed by atoms with Gasteiger partial charge < -0.3 is 5.32 Å². The van der Waals surface area contributed by atoms with Gasteiger partial charge in [-0.25, -0.2) is 0 Å². The Hall–Kier alpha value is 0.390. The van der Waals surface area contributed by atoms with E-state index >= 15 is 0 Å². The van der Waals surface area contributed by atoms with Gasteiger partial charge in [-0.2, -0.15) is 0 Å². The van der Waals surface area contributed by atoms with Gasteiger partial charge in [0.25, 0.3) is 0 Å². The normalized spacial score (nSPS) is 12.5. The van der Waals surface area contributed by atoms with Gasteiger partial charge in [0, 0.05) is 29.4 Å². The summed E-state index contributed by atoms with van der Waals surface area (Å²) in [6.07, 6.45) is 5.74. The second-order valence-corrected chi connectivity index (χ2v) is 5.44. The highest BCUT2D eigenvalue weighted by Crippen LogP contribution is 1.95. The summed E-state index contributed by atoms with van der Waals surface area (Å²) in [5.41, 5.74) is 0. The maximum absolute atomic E-state index is 10.7. The van der Waals surface area contributed by atoms with Crippen molar-refractivity contribution in [3.8, 4) is 0 Å². The van der Waals surface area contributed by atoms with Crippen LogP contribution in [0.15, 0.2) is 0 Å². The molecule has 0 heterocycles. The molecule has 5 heteroatoms. The summed E-state index contributed by atoms with van der Waals surface area (Å²) in [6, 6.07) is 0. The van der Waals surface area contributed by atoms with E-state index in [1.165, 1.54) is 0 Å². The van der Waals surface area contributed by atoms with Crippen molar-refractivity contribution in [3.63, 3.8) is 0 Å². The summed E-state index contributed by atoms with van der Waals surface area (Å²) in [4.78, 5) is 0. The zero-order valence-corrected chi connectivity index (χ0v) is 9.91. The molecule has 0 radical (unpaired) electrons. The van der Waals surface area contributed by atoms with Crippen LogP contribution in [0.4, 0.5) is 0 Å². The summed E-state index contributed by atoms with van der Waals surface area (Å²) >= 11 is 6.50. The highest BCUT2D eigenvalue weighted by Gasteiger charge is 1.93. The number of thioether (sulfide) groups is 1. The van der Waals surface area contributed by atoms with Gasteiger partial charge in [-0.1, -0.05) is 12.2 Å². The summed E-state index contributed by atoms with van der Waals surface area (Å²) in [6.45, 7) is 0.900. The van der Waals surface area contributed by atoms with Crippen LogP contribution in [-0.2, 0) is 10.8 Å². The SMILES string of the molecule is CSC(=S)NCCCCS(C)=O. The Kier molecular flexibility index (Phi) is 8.27. The Morgan fingerprint density at radius 2 is 2.25 bits per heavy atom. The molecule has 0 bridgehead atoms. The zero-order chi connectivity index (χ0) is 9.40. The Morgan fingerprint density at radius 3 is 2.75 bits per heavy atom. The molecular formula is C7H15NOS3. The van der Waals surface area contributed by atoms with Crippen LogP contribution in [0.5, 0.6) is 0 Å². The van der Waals surface area contributed by atoms with Crippen molar-refractivity contribution in [1.82, 2.24) is 5.32 Å². The van der Waals surface area contributed by atoms with E-state index in [0.29, 0.717) is 0 Å². The summed E-state index contributed by atoms with van der Waals surface area (Å²) in [5, 5.41) is 3.10. The van der Waals surface area contributed by atoms with Crippen LogP contribution in [0.2, 0.25) is 0 Å². The topological polar surface area (TPSA) is 29.1 Å². The van der Waals surface area contributed by atoms with E-state index in [1.54, 1.807) is 18.0 Å². The first-order valence-electron chi connectivity index (χ1n) is 3.78. The average molecular weight is 225 g/mol. The fourth-order valence-electron chi connectivity index (χ4n) is 0.693. The van der Waals surface area contributed by atoms with Crippen LogP contribution in [0, 0.1) is 0 Å². The zero-order valence-electron chi connectivity index (χ0n) is 7.46. The van der Waals surface area contributed by atoms with Gasteiger partial charge in [-0.05, 0) is 19.1 Å². The molecule has 0 aliphatic heterocycles. The molecule has 1 N–H and O–H groups in total. The van der Waals surface area contributed by atoms with Gasteiger partial charge in [0.1, 0.15) is 4.32 Å². The van der Waals surface area contributed by atoms with Crippen LogP contribution in [0.25, 0.3) is 0 Å². The van der Waals surface area contributed by atoms with Crippen molar-refractivity contribution >= 4 is 39.1 Å². The van der Waals surface area contributed by atoms with E-state index in [0.717, 1.165) is 29.5 Å². The largest absolute Gasteiger partial charge is 0.371 e. The predicted molar refractivity (Wildman–Crippen MR) is 62.3 cm³/mol. The number of hydrogen-bond acceptors (Lipinski definition) is 3. The molecule has 0 aromatic heterocycles. The van der Waals surface area contributed by atoms with Gasteiger partial charge in [-0.3, -0.25) is 4.21 Å². The molecule has 0 aliphatic carbocycles. The fraction of sp³-hybridized carbons (Fsp3) is 0.857. The van der Waals surface area contributed by atoms with E-state index in [9.17, 15) is 4.21 Å². The van der Waals surface area contributed by atoms with Crippen molar-refractivity contribution in [1.29, 1.82) is 0 Å². The van der Waals surface area contributed by atoms with Crippen molar-refractivity contribution < 1.29 is 4.21 Å². The first-order valence-corrected chi connectivity index (χ1v) is 7.14. The van der Waals surface area contributed by atoms with Gasteiger partial charge >= 0.3 is 0 Å². The average Bonchev–Trinajstić information content (AvgIpc) is 2.03. The molecule has 1 atom stereocenters. The van der Waals surface area contributed by atoms with Crippen LogP contribution in [-0.4, -0.2) is 33.3 Å². The summed E-state index contributed by atoms with van der Waals surface area (Å²) in [5.74, 6) is 0.799. The third-order valence-corrected chi connectivity index (χ3v) is 3.34. The Bertz CT molecular complexity index is 161. The number of hydrogen-bond donors (Lipinski definition) is 1. The van der Waals surface area contributed by atoms with Crippen LogP contribution in [0.1, 0.15) is 12.8 Å². The fourth-order valence-corrected chi connectivity index (χ4v) is 1.65. The third kappa shape index (κ3) is 8.49. The lowest BCUT2D eigenvalue weighted by atomic mass is 10.3. The van der Waals surface area contributed by atoms with Crippen molar-refractivity contribution in [2.45, 2.75) is 12.8 Å². The molecule has 0 aromatic carbocycles. The number of unbranched alkanes of at least 4 members (excludes halogenated alkanes) is 1. The molecule has 0 saturated heterocycles. The Labute approximate surface area is 86.3 Å². The molecule has 0 spiro atoms. The third-order valence-electron chi connectivity index (χ3n) is 1.31. The lowest BCUT2D eigenvalue weighted by Crippen LogP contribution is -2.19. The molecule has 0 saturated carbocycles. The van der Waals surface area contributed by atoms with E-state index in [2.05, 4.69) is 5.32 Å². The van der Waals surface area contributed by atoms with Gasteiger partial charge in [0.05, 0.1) is 0 Å². The van der Waals surface area contributed by atoms with Crippen molar-refractivity contribution in [2.75, 3.05) is 24.8 Å². The van der Waals surface area contributed by atoms with E-state index in [-0.39, 0.29) is 0 Å². The maximum atomic E-state index is 10.7. The number of rotatable bonds is 5. The molecule has 12 heavy (non-hydrogen) atoms. The Morgan fingerprint density at radius 1 is 1.58 bits per heavy atom. The minimum atomic E-state index is -0.647. The second kappa shape index (κ2) is 8.01. The van der Waals surface area contributed by atoms with Crippen LogP contribution in [0.3, 0.4) is 0 Å². The van der Waals surface area contributed by atoms with E-state index in [1.807, 2.05) is 6.26 Å². The lowest BCUT2D eigenvalue weighted by molar-refractivity contribution is 0.680. The first-order chi connectivity index (χ1) is 5.66. The predicted octanol–water partition coefficient (Wildman–Crippen LogP) is 1.38. The molecule has 0 aromatic rings. The highest BCUT2D eigenvalue weighted by molar-refractivity contribution is 8.22. The van der Waals surface area contributed by atoms with E-state index < -0.39 is 10.8 Å². The van der Waals surface area contributed by atoms with Crippen molar-refractivity contribution in [2.24, 2.45) is 0 Å². The molecular weight excluding hydrogens is 210 g/mol. The van der Waals surface area contributed by atoms with Gasteiger partial charge in [-0.15, -0.1) is 11.8 Å². The van der Waals surface area contributed by atoms with Crippen LogP contribution < -0.4 is 5.32 Å². The van der Waals surface area contributed by atoms with Crippen LogP contribution >= 0.6 is 24.0 Å². The molecule has 0 amide bonds. The molecule has 2 nitrogen and oxygen atoms in total. The number of thiocarbonyl (C=S) groups is 1. The summed E-state index contributed by atoms with van der Waals surface area (Å²) < 4.78 is 11.5. The molecule has 1 unspecified atom stereocenters. The number of nitrogens with one attached hydrogen (secondary N) is 1. The highest BCUT2D eigenvalue weighted by atomic mass is 32.2. The first kappa shape index (κ1) is 12.4. The minimum absolute atomic E-state index is 0.647. The van der Waals surface area contributed by atoms with Gasteiger partial charge in [0.2, 0.25) is 0 Å². The second-order valence-electron chi connectivity index (χ2n) is 2.40. The summed E-state index contributed by atoms with van der Waals surface area (Å²) in [7, 11) is -0.647. The van der Waals surface area contributed by atoms with E-state index in [4.69, 9.17) is 12.2 Å². The quantitative estimate of drug-likeness (QED) is 0.565. The lowest BCUT2D eigenvalue weighted by Gasteiger charge is -2.03. The monoisotopic (exact) mass is 225 g/mol. The molecule has 0 aliphatic rings. The Balaban J connectivity index is 3.11. The molecule has 0 rings (SSSR count). The van der Waals surface area contributed by atoms with Gasteiger partial charge in [0.15, 0.2) is 0 Å². The standard InChI is InChI=1S/C7H15NOS3/c1-11-7(10)8-5-3-4-6-12(2)9/h3-6H2,1-2H3,(H,8,10). The molecule has 72 valence electrons.